The molecule has 8 heteroatoms. The van der Waals surface area contributed by atoms with E-state index >= 15 is 0 Å². The molecule has 0 bridgehead atoms. The first-order chi connectivity index (χ1) is 8.70. The van der Waals surface area contributed by atoms with Crippen molar-refractivity contribution in [2.45, 2.75) is 25.9 Å². The van der Waals surface area contributed by atoms with Crippen LogP contribution in [0.5, 0.6) is 0 Å². The van der Waals surface area contributed by atoms with E-state index in [-0.39, 0.29) is 18.1 Å². The van der Waals surface area contributed by atoms with Crippen LogP contribution in [0.4, 0.5) is 0 Å². The lowest BCUT2D eigenvalue weighted by atomic mass is 10.2. The molecule has 0 saturated carbocycles. The number of sulfone groups is 1. The van der Waals surface area contributed by atoms with E-state index in [4.69, 9.17) is 5.73 Å². The van der Waals surface area contributed by atoms with Crippen LogP contribution in [0.3, 0.4) is 0 Å². The van der Waals surface area contributed by atoms with Crippen LogP contribution in [0.15, 0.2) is 6.20 Å². The van der Waals surface area contributed by atoms with Gasteiger partial charge in [-0.3, -0.25) is 9.48 Å². The van der Waals surface area contributed by atoms with Gasteiger partial charge in [0.2, 0.25) is 5.91 Å². The third-order valence-corrected chi connectivity index (χ3v) is 3.90. The van der Waals surface area contributed by atoms with Crippen molar-refractivity contribution in [3.05, 3.63) is 17.5 Å². The highest BCUT2D eigenvalue weighted by atomic mass is 32.2. The molecule has 0 radical (unpaired) electrons. The van der Waals surface area contributed by atoms with Crippen molar-refractivity contribution in [1.29, 1.82) is 0 Å². The van der Waals surface area contributed by atoms with Gasteiger partial charge in [0, 0.05) is 31.1 Å². The van der Waals surface area contributed by atoms with Gasteiger partial charge in [0.05, 0.1) is 18.0 Å². The number of nitrogens with one attached hydrogen (secondary N) is 1. The largest absolute Gasteiger partial charge is 0.351 e. The molecule has 0 saturated heterocycles. The molecule has 1 aromatic heterocycles. The molecule has 0 aliphatic heterocycles. The molecule has 0 spiro atoms. The second-order valence-corrected chi connectivity index (χ2v) is 6.88. The first-order valence-corrected chi connectivity index (χ1v) is 7.95. The van der Waals surface area contributed by atoms with Crippen LogP contribution in [0.25, 0.3) is 0 Å². The highest BCUT2D eigenvalue weighted by molar-refractivity contribution is 7.90. The van der Waals surface area contributed by atoms with Gasteiger partial charge < -0.3 is 11.1 Å². The molecule has 1 aromatic rings. The minimum Gasteiger partial charge on any atom is -0.351 e. The number of carbonyl (C=O) groups is 1. The summed E-state index contributed by atoms with van der Waals surface area (Å²) in [5.41, 5.74) is 7.51. The summed E-state index contributed by atoms with van der Waals surface area (Å²) in [5, 5.41) is 6.74. The molecule has 1 unspecified atom stereocenters. The summed E-state index contributed by atoms with van der Waals surface area (Å²) >= 11 is 0. The number of hydrogen-bond donors (Lipinski definition) is 2. The molecule has 1 atom stereocenters. The molecular formula is C11H20N4O3S. The van der Waals surface area contributed by atoms with Gasteiger partial charge in [-0.1, -0.05) is 0 Å². The third kappa shape index (κ3) is 4.99. The van der Waals surface area contributed by atoms with Gasteiger partial charge >= 0.3 is 0 Å². The summed E-state index contributed by atoms with van der Waals surface area (Å²) in [6.45, 7) is 2.24. The van der Waals surface area contributed by atoms with Crippen molar-refractivity contribution in [3.63, 3.8) is 0 Å². The van der Waals surface area contributed by atoms with Gasteiger partial charge in [-0.15, -0.1) is 0 Å². The van der Waals surface area contributed by atoms with Crippen molar-refractivity contribution in [2.24, 2.45) is 12.8 Å². The summed E-state index contributed by atoms with van der Waals surface area (Å²) in [6, 6.07) is -0.813. The standard InChI is InChI=1S/C11H20N4O3S/c1-8-9(7-14-15(8)2)6-13-11(16)10(12)4-5-19(3,17)18/h7,10H,4-6,12H2,1-3H3,(H,13,16). The number of carbonyl (C=O) groups excluding carboxylic acids is 1. The Hall–Kier alpha value is -1.41. The van der Waals surface area contributed by atoms with E-state index in [2.05, 4.69) is 10.4 Å². The van der Waals surface area contributed by atoms with Gasteiger partial charge in [-0.05, 0) is 13.3 Å². The zero-order valence-electron chi connectivity index (χ0n) is 11.4. The lowest BCUT2D eigenvalue weighted by Gasteiger charge is -2.11. The van der Waals surface area contributed by atoms with E-state index in [1.54, 1.807) is 10.9 Å². The highest BCUT2D eigenvalue weighted by Gasteiger charge is 2.16. The number of hydrogen-bond acceptors (Lipinski definition) is 5. The molecule has 0 aliphatic carbocycles. The SMILES string of the molecule is Cc1c(CNC(=O)C(N)CCS(C)(=O)=O)cnn1C. The van der Waals surface area contributed by atoms with Crippen molar-refractivity contribution in [1.82, 2.24) is 15.1 Å². The topological polar surface area (TPSA) is 107 Å². The molecule has 1 rings (SSSR count). The number of nitrogens with two attached hydrogens (primary N) is 1. The second kappa shape index (κ2) is 6.16. The van der Waals surface area contributed by atoms with Gasteiger partial charge in [0.25, 0.3) is 0 Å². The predicted octanol–water partition coefficient (Wildman–Crippen LogP) is -0.893. The van der Waals surface area contributed by atoms with E-state index in [1.165, 1.54) is 0 Å². The number of aryl methyl sites for hydroxylation is 1. The number of rotatable bonds is 6. The highest BCUT2D eigenvalue weighted by Crippen LogP contribution is 2.05. The van der Waals surface area contributed by atoms with Crippen molar-refractivity contribution < 1.29 is 13.2 Å². The first-order valence-electron chi connectivity index (χ1n) is 5.89. The van der Waals surface area contributed by atoms with Crippen LogP contribution in [0.2, 0.25) is 0 Å². The Kier molecular flexibility index (Phi) is 5.07. The van der Waals surface area contributed by atoms with Gasteiger partial charge in [0.1, 0.15) is 9.84 Å². The number of aromatic nitrogens is 2. The summed E-state index contributed by atoms with van der Waals surface area (Å²) in [4.78, 5) is 11.7. The minimum atomic E-state index is -3.10. The molecule has 19 heavy (non-hydrogen) atoms. The predicted molar refractivity (Wildman–Crippen MR) is 72.1 cm³/mol. The van der Waals surface area contributed by atoms with E-state index in [0.29, 0.717) is 6.54 Å². The fourth-order valence-electron chi connectivity index (χ4n) is 1.50. The Morgan fingerprint density at radius 2 is 2.21 bits per heavy atom. The maximum Gasteiger partial charge on any atom is 0.237 e. The quantitative estimate of drug-likeness (QED) is 0.706. The summed E-state index contributed by atoms with van der Waals surface area (Å²) in [7, 11) is -1.28. The first kappa shape index (κ1) is 15.6. The van der Waals surface area contributed by atoms with Gasteiger partial charge in [-0.25, -0.2) is 8.42 Å². The lowest BCUT2D eigenvalue weighted by Crippen LogP contribution is -2.41. The summed E-state index contributed by atoms with van der Waals surface area (Å²) < 4.78 is 23.7. The molecule has 0 aliphatic rings. The van der Waals surface area contributed by atoms with E-state index in [0.717, 1.165) is 17.5 Å². The average molecular weight is 288 g/mol. The Balaban J connectivity index is 2.45. The van der Waals surface area contributed by atoms with Crippen LogP contribution in [-0.4, -0.2) is 42.2 Å². The monoisotopic (exact) mass is 288 g/mol. The Labute approximate surface area is 113 Å². The zero-order valence-corrected chi connectivity index (χ0v) is 12.2. The minimum absolute atomic E-state index is 0.0898. The van der Waals surface area contributed by atoms with Crippen molar-refractivity contribution in [3.8, 4) is 0 Å². The lowest BCUT2D eigenvalue weighted by molar-refractivity contribution is -0.122. The van der Waals surface area contributed by atoms with Crippen LogP contribution in [0, 0.1) is 6.92 Å². The van der Waals surface area contributed by atoms with Crippen LogP contribution in [-0.2, 0) is 28.2 Å². The van der Waals surface area contributed by atoms with Crippen molar-refractivity contribution >= 4 is 15.7 Å². The molecular weight excluding hydrogens is 268 g/mol. The van der Waals surface area contributed by atoms with E-state index in [9.17, 15) is 13.2 Å². The number of amides is 1. The normalized spacial score (nSPS) is 13.3. The molecule has 1 heterocycles. The van der Waals surface area contributed by atoms with Crippen LogP contribution >= 0.6 is 0 Å². The second-order valence-electron chi connectivity index (χ2n) is 4.62. The molecule has 1 amide bonds. The molecule has 0 fully saturated rings. The smallest absolute Gasteiger partial charge is 0.237 e. The van der Waals surface area contributed by atoms with Crippen molar-refractivity contribution in [2.75, 3.05) is 12.0 Å². The maximum absolute atomic E-state index is 11.7. The van der Waals surface area contributed by atoms with Crippen LogP contribution in [0.1, 0.15) is 17.7 Å². The fourth-order valence-corrected chi connectivity index (χ4v) is 2.19. The number of nitrogens with zero attached hydrogens (tertiary/aromatic N) is 2. The molecule has 0 aromatic carbocycles. The Bertz CT molecular complexity index is 550. The summed E-state index contributed by atoms with van der Waals surface area (Å²) in [6.07, 6.45) is 2.92. The van der Waals surface area contributed by atoms with E-state index in [1.807, 2.05) is 14.0 Å². The average Bonchev–Trinajstić information content (AvgIpc) is 2.63. The summed E-state index contributed by atoms with van der Waals surface area (Å²) in [5.74, 6) is -0.444. The Morgan fingerprint density at radius 1 is 1.58 bits per heavy atom. The van der Waals surface area contributed by atoms with Gasteiger partial charge in [-0.2, -0.15) is 5.10 Å². The van der Waals surface area contributed by atoms with Gasteiger partial charge in [0.15, 0.2) is 0 Å². The zero-order chi connectivity index (χ0) is 14.6. The maximum atomic E-state index is 11.7. The third-order valence-electron chi connectivity index (χ3n) is 2.93. The Morgan fingerprint density at radius 3 is 2.68 bits per heavy atom. The molecule has 108 valence electrons. The molecule has 3 N–H and O–H groups in total. The van der Waals surface area contributed by atoms with Crippen LogP contribution < -0.4 is 11.1 Å². The van der Waals surface area contributed by atoms with E-state index < -0.39 is 15.9 Å². The molecule has 7 nitrogen and oxygen atoms in total. The fraction of sp³-hybridized carbons (Fsp3) is 0.636.